The van der Waals surface area contributed by atoms with E-state index in [1.807, 2.05) is 47.0 Å². The minimum atomic E-state index is 0.352. The van der Waals surface area contributed by atoms with Gasteiger partial charge in [-0.25, -0.2) is 4.98 Å². The summed E-state index contributed by atoms with van der Waals surface area (Å²) in [5.74, 6) is 1.16. The maximum Gasteiger partial charge on any atom is 0.129 e. The maximum atomic E-state index is 5.98. The second-order valence-electron chi connectivity index (χ2n) is 3.89. The Balaban J connectivity index is 2.33. The van der Waals surface area contributed by atoms with Crippen LogP contribution < -0.4 is 0 Å². The Morgan fingerprint density at radius 2 is 1.94 bits per heavy atom. The van der Waals surface area contributed by atoms with Gasteiger partial charge in [-0.05, 0) is 36.4 Å². The largest absolute Gasteiger partial charge is 0.295 e. The third kappa shape index (κ3) is 1.88. The highest BCUT2D eigenvalue weighted by Crippen LogP contribution is 2.24. The molecule has 0 N–H and O–H groups in total. The number of alkyl halides is 1. The van der Waals surface area contributed by atoms with Gasteiger partial charge < -0.3 is 0 Å². The number of halogens is 2. The molecule has 0 unspecified atom stereocenters. The Labute approximate surface area is 115 Å². The van der Waals surface area contributed by atoms with Crippen LogP contribution in [-0.2, 0) is 5.88 Å². The van der Waals surface area contributed by atoms with Gasteiger partial charge in [-0.1, -0.05) is 23.7 Å². The number of fused-ring (bicyclic) bond motifs is 1. The molecular weight excluding hydrogens is 267 g/mol. The van der Waals surface area contributed by atoms with E-state index in [2.05, 4.69) is 11.1 Å². The van der Waals surface area contributed by atoms with Gasteiger partial charge in [0, 0.05) is 10.7 Å². The molecule has 18 heavy (non-hydrogen) atoms. The van der Waals surface area contributed by atoms with Crippen molar-refractivity contribution in [2.45, 2.75) is 5.88 Å². The number of benzene rings is 2. The molecule has 0 saturated carbocycles. The van der Waals surface area contributed by atoms with E-state index in [-0.39, 0.29) is 0 Å². The van der Waals surface area contributed by atoms with Gasteiger partial charge in [0.25, 0.3) is 0 Å². The van der Waals surface area contributed by atoms with Crippen LogP contribution in [0.25, 0.3) is 16.7 Å². The zero-order valence-electron chi connectivity index (χ0n) is 9.40. The van der Waals surface area contributed by atoms with Crippen LogP contribution in [0, 0.1) is 6.07 Å². The summed E-state index contributed by atoms with van der Waals surface area (Å²) in [7, 11) is 0. The molecule has 4 heteroatoms. The Bertz CT molecular complexity index is 690. The van der Waals surface area contributed by atoms with Crippen LogP contribution in [0.1, 0.15) is 5.82 Å². The fraction of sp³-hybridized carbons (Fsp3) is 0.0714. The smallest absolute Gasteiger partial charge is 0.129 e. The highest BCUT2D eigenvalue weighted by molar-refractivity contribution is 6.31. The van der Waals surface area contributed by atoms with E-state index in [0.29, 0.717) is 10.9 Å². The number of rotatable bonds is 2. The van der Waals surface area contributed by atoms with Gasteiger partial charge in [-0.15, -0.1) is 11.6 Å². The van der Waals surface area contributed by atoms with Crippen LogP contribution >= 0.6 is 23.2 Å². The standard InChI is InChI=1S/C14H9Cl2N2/c15-9-14-17-12-8-10(16)6-7-13(12)18(14)11-4-2-1-3-5-11/h2-8H,9H2. The maximum absolute atomic E-state index is 5.98. The summed E-state index contributed by atoms with van der Waals surface area (Å²) >= 11 is 12.0. The summed E-state index contributed by atoms with van der Waals surface area (Å²) < 4.78 is 2.03. The highest BCUT2D eigenvalue weighted by Gasteiger charge is 2.11. The average molecular weight is 276 g/mol. The van der Waals surface area contributed by atoms with E-state index >= 15 is 0 Å². The molecule has 89 valence electrons. The predicted octanol–water partition coefficient (Wildman–Crippen LogP) is 4.22. The highest BCUT2D eigenvalue weighted by atomic mass is 35.5. The first-order chi connectivity index (χ1) is 8.79. The minimum absolute atomic E-state index is 0.352. The molecule has 0 atom stereocenters. The van der Waals surface area contributed by atoms with Gasteiger partial charge in [0.2, 0.25) is 0 Å². The molecule has 1 heterocycles. The molecule has 1 radical (unpaired) electrons. The van der Waals surface area contributed by atoms with Crippen molar-refractivity contribution in [1.29, 1.82) is 0 Å². The van der Waals surface area contributed by atoms with Gasteiger partial charge in [0.05, 0.1) is 16.9 Å². The van der Waals surface area contributed by atoms with Gasteiger partial charge >= 0.3 is 0 Å². The SMILES string of the molecule is ClCc1nc2cc(Cl)ccc2n1-c1cc[c]cc1. The zero-order chi connectivity index (χ0) is 12.5. The van der Waals surface area contributed by atoms with Crippen LogP contribution in [0.2, 0.25) is 5.02 Å². The fourth-order valence-electron chi connectivity index (χ4n) is 2.01. The molecule has 1 aromatic heterocycles. The molecule has 2 nitrogen and oxygen atoms in total. The van der Waals surface area contributed by atoms with Crippen molar-refractivity contribution in [3.63, 3.8) is 0 Å². The van der Waals surface area contributed by atoms with Crippen LogP contribution in [0.3, 0.4) is 0 Å². The van der Waals surface area contributed by atoms with Gasteiger partial charge in [0.15, 0.2) is 0 Å². The van der Waals surface area contributed by atoms with Crippen LogP contribution in [0.4, 0.5) is 0 Å². The quantitative estimate of drug-likeness (QED) is 0.641. The van der Waals surface area contributed by atoms with Crippen molar-refractivity contribution in [3.8, 4) is 5.69 Å². The topological polar surface area (TPSA) is 17.8 Å². The first kappa shape index (κ1) is 11.6. The van der Waals surface area contributed by atoms with Crippen molar-refractivity contribution in [2.24, 2.45) is 0 Å². The monoisotopic (exact) mass is 275 g/mol. The Kier molecular flexibility index (Phi) is 2.98. The van der Waals surface area contributed by atoms with Crippen molar-refractivity contribution in [2.75, 3.05) is 0 Å². The molecule has 0 aliphatic heterocycles. The normalized spacial score (nSPS) is 11.0. The van der Waals surface area contributed by atoms with E-state index < -0.39 is 0 Å². The summed E-state index contributed by atoms with van der Waals surface area (Å²) in [4.78, 5) is 4.50. The zero-order valence-corrected chi connectivity index (χ0v) is 10.9. The number of nitrogens with zero attached hydrogens (tertiary/aromatic N) is 2. The molecule has 0 fully saturated rings. The lowest BCUT2D eigenvalue weighted by molar-refractivity contribution is 0.982. The summed E-state index contributed by atoms with van der Waals surface area (Å²) in [6.45, 7) is 0. The van der Waals surface area contributed by atoms with Crippen molar-refractivity contribution >= 4 is 34.2 Å². The molecule has 0 bridgehead atoms. The van der Waals surface area contributed by atoms with Crippen molar-refractivity contribution in [3.05, 3.63) is 59.4 Å². The molecule has 0 aliphatic carbocycles. The number of aromatic nitrogens is 2. The third-order valence-corrected chi connectivity index (χ3v) is 3.24. The number of hydrogen-bond acceptors (Lipinski definition) is 1. The summed E-state index contributed by atoms with van der Waals surface area (Å²) in [5, 5.41) is 0.676. The number of imidazole rings is 1. The molecule has 3 aromatic rings. The summed E-state index contributed by atoms with van der Waals surface area (Å²) in [6.07, 6.45) is 0. The second kappa shape index (κ2) is 4.63. The second-order valence-corrected chi connectivity index (χ2v) is 4.59. The first-order valence-electron chi connectivity index (χ1n) is 5.49. The van der Waals surface area contributed by atoms with E-state index in [9.17, 15) is 0 Å². The summed E-state index contributed by atoms with van der Waals surface area (Å²) in [6, 6.07) is 16.4. The molecule has 0 amide bonds. The molecule has 0 spiro atoms. The molecule has 0 saturated heterocycles. The lowest BCUT2D eigenvalue weighted by atomic mass is 10.3. The molecule has 0 aliphatic rings. The van der Waals surface area contributed by atoms with E-state index in [1.54, 1.807) is 0 Å². The molecular formula is C14H9Cl2N2. The van der Waals surface area contributed by atoms with Gasteiger partial charge in [-0.3, -0.25) is 4.57 Å². The van der Waals surface area contributed by atoms with E-state index in [0.717, 1.165) is 22.5 Å². The lowest BCUT2D eigenvalue weighted by Gasteiger charge is -2.07. The fourth-order valence-corrected chi connectivity index (χ4v) is 2.35. The minimum Gasteiger partial charge on any atom is -0.295 e. The lowest BCUT2D eigenvalue weighted by Crippen LogP contribution is -1.98. The molecule has 3 rings (SSSR count). The van der Waals surface area contributed by atoms with E-state index in [1.165, 1.54) is 0 Å². The number of hydrogen-bond donors (Lipinski definition) is 0. The van der Waals surface area contributed by atoms with Crippen molar-refractivity contribution < 1.29 is 0 Å². The van der Waals surface area contributed by atoms with E-state index in [4.69, 9.17) is 23.2 Å². The van der Waals surface area contributed by atoms with Crippen molar-refractivity contribution in [1.82, 2.24) is 9.55 Å². The Hall–Kier alpha value is -1.51. The third-order valence-electron chi connectivity index (χ3n) is 2.76. The predicted molar refractivity (Wildman–Crippen MR) is 74.5 cm³/mol. The van der Waals surface area contributed by atoms with Crippen LogP contribution in [-0.4, -0.2) is 9.55 Å². The van der Waals surface area contributed by atoms with Gasteiger partial charge in [0.1, 0.15) is 5.82 Å². The average Bonchev–Trinajstić information content (AvgIpc) is 2.77. The van der Waals surface area contributed by atoms with Crippen LogP contribution in [0.5, 0.6) is 0 Å². The van der Waals surface area contributed by atoms with Gasteiger partial charge in [-0.2, -0.15) is 0 Å². The Morgan fingerprint density at radius 1 is 1.17 bits per heavy atom. The first-order valence-corrected chi connectivity index (χ1v) is 6.40. The summed E-state index contributed by atoms with van der Waals surface area (Å²) in [5.41, 5.74) is 2.88. The Morgan fingerprint density at radius 3 is 2.67 bits per heavy atom. The molecule has 2 aromatic carbocycles. The van der Waals surface area contributed by atoms with Crippen LogP contribution in [0.15, 0.2) is 42.5 Å².